The molecule has 0 saturated carbocycles. The molecule has 0 radical (unpaired) electrons. The van der Waals surface area contributed by atoms with Crippen LogP contribution in [0.2, 0.25) is 6.04 Å². The van der Waals surface area contributed by atoms with Gasteiger partial charge in [0.2, 0.25) is 0 Å². The Morgan fingerprint density at radius 1 is 0.818 bits per heavy atom. The molecule has 2 heteroatoms. The van der Waals surface area contributed by atoms with Gasteiger partial charge in [-0.25, -0.2) is 0 Å². The van der Waals surface area contributed by atoms with Gasteiger partial charge in [-0.15, -0.1) is 0 Å². The van der Waals surface area contributed by atoms with Crippen LogP contribution < -0.4 is 10.4 Å². The molecule has 0 amide bonds. The maximum atomic E-state index is 6.84. The second-order valence-corrected chi connectivity index (χ2v) is 10.4. The van der Waals surface area contributed by atoms with Crippen molar-refractivity contribution in [2.24, 2.45) is 0 Å². The van der Waals surface area contributed by atoms with Crippen molar-refractivity contribution in [1.82, 2.24) is 0 Å². The van der Waals surface area contributed by atoms with Crippen molar-refractivity contribution in [3.63, 3.8) is 0 Å². The lowest BCUT2D eigenvalue weighted by molar-refractivity contribution is 0.125. The van der Waals surface area contributed by atoms with Gasteiger partial charge in [-0.05, 0) is 37.2 Å². The van der Waals surface area contributed by atoms with Gasteiger partial charge in [0.25, 0.3) is 8.32 Å². The lowest BCUT2D eigenvalue weighted by atomic mass is 10.2. The summed E-state index contributed by atoms with van der Waals surface area (Å²) in [6.07, 6.45) is 2.40. The maximum Gasteiger partial charge on any atom is 0.256 e. The van der Waals surface area contributed by atoms with E-state index < -0.39 is 8.32 Å². The predicted molar refractivity (Wildman–Crippen MR) is 98.5 cm³/mol. The molecule has 2 aromatic carbocycles. The van der Waals surface area contributed by atoms with E-state index >= 15 is 0 Å². The predicted octanol–water partition coefficient (Wildman–Crippen LogP) is 4.36. The van der Waals surface area contributed by atoms with E-state index in [0.29, 0.717) is 0 Å². The van der Waals surface area contributed by atoms with Gasteiger partial charge in [0.1, 0.15) is 0 Å². The van der Waals surface area contributed by atoms with E-state index in [4.69, 9.17) is 4.43 Å². The fourth-order valence-electron chi connectivity index (χ4n) is 2.99. The SMILES string of the molecule is CCCC[Si](OC(C)(C)C)(c1ccccc1)c1ccccc1. The number of benzene rings is 2. The lowest BCUT2D eigenvalue weighted by Crippen LogP contribution is -2.63. The first-order valence-electron chi connectivity index (χ1n) is 8.29. The molecule has 0 unspecified atom stereocenters. The molecule has 0 atom stereocenters. The van der Waals surface area contributed by atoms with Crippen molar-refractivity contribution >= 4 is 18.7 Å². The normalized spacial score (nSPS) is 12.4. The van der Waals surface area contributed by atoms with E-state index in [0.717, 1.165) is 6.04 Å². The van der Waals surface area contributed by atoms with Crippen LogP contribution in [0, 0.1) is 0 Å². The van der Waals surface area contributed by atoms with E-state index in [-0.39, 0.29) is 5.60 Å². The van der Waals surface area contributed by atoms with Crippen molar-refractivity contribution in [3.8, 4) is 0 Å². The van der Waals surface area contributed by atoms with E-state index in [1.54, 1.807) is 0 Å². The molecule has 0 aliphatic heterocycles. The second-order valence-electron chi connectivity index (χ2n) is 6.88. The van der Waals surface area contributed by atoms with Gasteiger partial charge in [-0.1, -0.05) is 80.4 Å². The van der Waals surface area contributed by atoms with Crippen LogP contribution in [-0.2, 0) is 4.43 Å². The standard InChI is InChI=1S/C20H28OSi/c1-5-6-17-22(21-20(2,3)4,18-13-9-7-10-14-18)19-15-11-8-12-16-19/h7-16H,5-6,17H2,1-4H3. The topological polar surface area (TPSA) is 9.23 Å². The Balaban J connectivity index is 2.58. The van der Waals surface area contributed by atoms with Gasteiger partial charge in [0, 0.05) is 5.60 Å². The first-order valence-corrected chi connectivity index (χ1v) is 10.4. The Bertz CT molecular complexity index is 518. The zero-order chi connectivity index (χ0) is 16.1. The first-order chi connectivity index (χ1) is 10.5. The van der Waals surface area contributed by atoms with Crippen LogP contribution >= 0.6 is 0 Å². The van der Waals surface area contributed by atoms with Crippen molar-refractivity contribution in [2.45, 2.75) is 52.2 Å². The van der Waals surface area contributed by atoms with Gasteiger partial charge in [0.05, 0.1) is 0 Å². The number of hydrogen-bond acceptors (Lipinski definition) is 1. The number of hydrogen-bond donors (Lipinski definition) is 0. The molecular formula is C20H28OSi. The third-order valence-corrected chi connectivity index (χ3v) is 8.39. The lowest BCUT2D eigenvalue weighted by Gasteiger charge is -2.38. The third kappa shape index (κ3) is 4.08. The number of rotatable bonds is 6. The van der Waals surface area contributed by atoms with Crippen molar-refractivity contribution in [1.29, 1.82) is 0 Å². The van der Waals surface area contributed by atoms with Crippen LogP contribution in [0.3, 0.4) is 0 Å². The largest absolute Gasteiger partial charge is 0.403 e. The van der Waals surface area contributed by atoms with E-state index in [1.165, 1.54) is 23.2 Å². The van der Waals surface area contributed by atoms with Crippen LogP contribution in [0.5, 0.6) is 0 Å². The Hall–Kier alpha value is -1.38. The Labute approximate surface area is 136 Å². The summed E-state index contributed by atoms with van der Waals surface area (Å²) in [6, 6.07) is 22.9. The molecule has 22 heavy (non-hydrogen) atoms. The van der Waals surface area contributed by atoms with Crippen LogP contribution in [0.15, 0.2) is 60.7 Å². The fraction of sp³-hybridized carbons (Fsp3) is 0.400. The first kappa shape index (κ1) is 17.0. The monoisotopic (exact) mass is 312 g/mol. The van der Waals surface area contributed by atoms with Gasteiger partial charge in [-0.2, -0.15) is 0 Å². The van der Waals surface area contributed by atoms with Crippen molar-refractivity contribution in [2.75, 3.05) is 0 Å². The average Bonchev–Trinajstić information content (AvgIpc) is 2.52. The van der Waals surface area contributed by atoms with Crippen LogP contribution in [0.4, 0.5) is 0 Å². The third-order valence-electron chi connectivity index (χ3n) is 3.84. The molecule has 1 nitrogen and oxygen atoms in total. The smallest absolute Gasteiger partial charge is 0.256 e. The molecule has 0 aliphatic carbocycles. The summed E-state index contributed by atoms with van der Waals surface area (Å²) >= 11 is 0. The molecule has 0 fully saturated rings. The zero-order valence-corrected chi connectivity index (χ0v) is 15.3. The summed E-state index contributed by atoms with van der Waals surface area (Å²) in [6.45, 7) is 8.78. The van der Waals surface area contributed by atoms with Crippen LogP contribution in [0.1, 0.15) is 40.5 Å². The summed E-state index contributed by atoms with van der Waals surface area (Å²) in [7, 11) is -2.20. The molecule has 0 bridgehead atoms. The second kappa shape index (κ2) is 7.25. The van der Waals surface area contributed by atoms with Gasteiger partial charge in [0.15, 0.2) is 0 Å². The van der Waals surface area contributed by atoms with Crippen LogP contribution in [0.25, 0.3) is 0 Å². The highest BCUT2D eigenvalue weighted by atomic mass is 28.4. The molecule has 2 rings (SSSR count). The quantitative estimate of drug-likeness (QED) is 0.720. The summed E-state index contributed by atoms with van der Waals surface area (Å²) in [5, 5.41) is 2.76. The molecule has 0 heterocycles. The summed E-state index contributed by atoms with van der Waals surface area (Å²) < 4.78 is 6.84. The van der Waals surface area contributed by atoms with Gasteiger partial charge < -0.3 is 4.43 Å². The number of unbranched alkanes of at least 4 members (excludes halogenated alkanes) is 1. The van der Waals surface area contributed by atoms with E-state index in [9.17, 15) is 0 Å². The van der Waals surface area contributed by atoms with Crippen molar-refractivity contribution < 1.29 is 4.43 Å². The molecule has 2 aromatic rings. The van der Waals surface area contributed by atoms with Crippen molar-refractivity contribution in [3.05, 3.63) is 60.7 Å². The average molecular weight is 313 g/mol. The summed E-state index contributed by atoms with van der Waals surface area (Å²) in [4.78, 5) is 0. The molecule has 0 aliphatic rings. The molecule has 0 spiro atoms. The Kier molecular flexibility index (Phi) is 5.60. The van der Waals surface area contributed by atoms with Crippen LogP contribution in [-0.4, -0.2) is 13.9 Å². The van der Waals surface area contributed by atoms with Gasteiger partial charge >= 0.3 is 0 Å². The highest BCUT2D eigenvalue weighted by molar-refractivity contribution is 6.97. The van der Waals surface area contributed by atoms with E-state index in [2.05, 4.69) is 88.4 Å². The fourth-order valence-corrected chi connectivity index (χ4v) is 7.59. The molecule has 0 aromatic heterocycles. The highest BCUT2D eigenvalue weighted by Gasteiger charge is 2.41. The minimum atomic E-state index is -2.20. The van der Waals surface area contributed by atoms with E-state index in [1.807, 2.05) is 0 Å². The zero-order valence-electron chi connectivity index (χ0n) is 14.3. The minimum Gasteiger partial charge on any atom is -0.403 e. The maximum absolute atomic E-state index is 6.84. The summed E-state index contributed by atoms with van der Waals surface area (Å²) in [5.41, 5.74) is -0.147. The molecule has 0 saturated heterocycles. The highest BCUT2D eigenvalue weighted by Crippen LogP contribution is 2.23. The summed E-state index contributed by atoms with van der Waals surface area (Å²) in [5.74, 6) is 0. The van der Waals surface area contributed by atoms with Gasteiger partial charge in [-0.3, -0.25) is 0 Å². The Morgan fingerprint density at radius 3 is 1.64 bits per heavy atom. The molecule has 118 valence electrons. The molecule has 0 N–H and O–H groups in total. The Morgan fingerprint density at radius 2 is 1.27 bits per heavy atom. The minimum absolute atomic E-state index is 0.147. The molecular weight excluding hydrogens is 284 g/mol.